The smallest absolute Gasteiger partial charge is 0.191 e. The summed E-state index contributed by atoms with van der Waals surface area (Å²) >= 11 is 0. The largest absolute Gasteiger partial charge is 0.370 e. The molecule has 2 fully saturated rings. The molecule has 2 aliphatic rings. The molecule has 3 rings (SSSR count). The minimum Gasteiger partial charge on any atom is -0.370 e. The molecule has 1 heterocycles. The maximum Gasteiger partial charge on any atom is 0.191 e. The van der Waals surface area contributed by atoms with E-state index in [9.17, 15) is 4.39 Å². The van der Waals surface area contributed by atoms with E-state index in [1.54, 1.807) is 13.1 Å². The number of nitrogens with one attached hydrogen (secondary N) is 2. The highest BCUT2D eigenvalue weighted by Gasteiger charge is 2.31. The average molecular weight is 376 g/mol. The van der Waals surface area contributed by atoms with Crippen LogP contribution in [-0.4, -0.2) is 56.2 Å². The number of aliphatic imine (C=N–C) groups is 1. The van der Waals surface area contributed by atoms with Crippen molar-refractivity contribution in [1.29, 1.82) is 0 Å². The van der Waals surface area contributed by atoms with Gasteiger partial charge in [0.1, 0.15) is 5.82 Å². The van der Waals surface area contributed by atoms with E-state index < -0.39 is 0 Å². The number of hydrogen-bond acceptors (Lipinski definition) is 3. The highest BCUT2D eigenvalue weighted by atomic mass is 19.1. The molecular weight excluding hydrogens is 341 g/mol. The Balaban J connectivity index is 1.48. The second kappa shape index (κ2) is 9.40. The van der Waals surface area contributed by atoms with E-state index in [2.05, 4.69) is 20.5 Å². The topological polar surface area (TPSA) is 42.9 Å². The first-order valence-corrected chi connectivity index (χ1v) is 10.4. The Morgan fingerprint density at radius 1 is 1.19 bits per heavy atom. The molecule has 0 bridgehead atoms. The molecule has 1 saturated carbocycles. The van der Waals surface area contributed by atoms with Crippen molar-refractivity contribution in [3.63, 3.8) is 0 Å². The lowest BCUT2D eigenvalue weighted by Crippen LogP contribution is -2.48. The molecule has 0 radical (unpaired) electrons. The van der Waals surface area contributed by atoms with Gasteiger partial charge in [-0.1, -0.05) is 6.07 Å². The zero-order valence-electron chi connectivity index (χ0n) is 17.0. The third-order valence-corrected chi connectivity index (χ3v) is 5.73. The van der Waals surface area contributed by atoms with E-state index in [0.717, 1.165) is 43.5 Å². The van der Waals surface area contributed by atoms with Gasteiger partial charge >= 0.3 is 0 Å². The van der Waals surface area contributed by atoms with Gasteiger partial charge in [0.05, 0.1) is 5.69 Å². The average Bonchev–Trinajstić information content (AvgIpc) is 3.53. The van der Waals surface area contributed by atoms with Gasteiger partial charge in [0.2, 0.25) is 0 Å². The molecular formula is C21H34FN5. The fourth-order valence-corrected chi connectivity index (χ4v) is 3.90. The summed E-state index contributed by atoms with van der Waals surface area (Å²) in [5.74, 6) is 0.640. The van der Waals surface area contributed by atoms with Gasteiger partial charge in [-0.15, -0.1) is 0 Å². The summed E-state index contributed by atoms with van der Waals surface area (Å²) in [6.07, 6.45) is 5.07. The first-order valence-electron chi connectivity index (χ1n) is 10.4. The Kier molecular flexibility index (Phi) is 6.94. The lowest BCUT2D eigenvalue weighted by Gasteiger charge is -2.33. The first-order chi connectivity index (χ1) is 13.1. The number of piperidine rings is 1. The number of anilines is 1. The number of rotatable bonds is 7. The normalized spacial score (nSPS) is 19.2. The number of hydrogen-bond donors (Lipinski definition) is 2. The summed E-state index contributed by atoms with van der Waals surface area (Å²) in [7, 11) is 1.79. The highest BCUT2D eigenvalue weighted by Crippen LogP contribution is 2.29. The zero-order chi connectivity index (χ0) is 19.2. The van der Waals surface area contributed by atoms with Gasteiger partial charge in [-0.05, 0) is 57.2 Å². The second-order valence-corrected chi connectivity index (χ2v) is 7.57. The lowest BCUT2D eigenvalue weighted by molar-refractivity contribution is 0.197. The van der Waals surface area contributed by atoms with E-state index in [4.69, 9.17) is 0 Å². The van der Waals surface area contributed by atoms with E-state index in [-0.39, 0.29) is 5.82 Å². The van der Waals surface area contributed by atoms with Crippen LogP contribution in [0.1, 0.15) is 45.1 Å². The molecule has 0 aromatic heterocycles. The van der Waals surface area contributed by atoms with Crippen molar-refractivity contribution >= 4 is 11.6 Å². The Hall–Kier alpha value is -1.82. The maximum absolute atomic E-state index is 14.4. The van der Waals surface area contributed by atoms with Crippen molar-refractivity contribution < 1.29 is 4.39 Å². The third-order valence-electron chi connectivity index (χ3n) is 5.73. The summed E-state index contributed by atoms with van der Waals surface area (Å²) in [4.78, 5) is 8.99. The molecule has 2 N–H and O–H groups in total. The molecule has 1 aliphatic carbocycles. The van der Waals surface area contributed by atoms with Crippen molar-refractivity contribution in [2.24, 2.45) is 4.99 Å². The van der Waals surface area contributed by atoms with E-state index >= 15 is 0 Å². The molecule has 1 saturated heterocycles. The molecule has 1 aromatic carbocycles. The first kappa shape index (κ1) is 19.9. The summed E-state index contributed by atoms with van der Waals surface area (Å²) in [6.45, 7) is 8.62. The van der Waals surface area contributed by atoms with Crippen molar-refractivity contribution in [2.75, 3.05) is 38.1 Å². The van der Waals surface area contributed by atoms with Gasteiger partial charge in [0.25, 0.3) is 0 Å². The molecule has 0 spiro atoms. The van der Waals surface area contributed by atoms with Crippen molar-refractivity contribution in [3.05, 3.63) is 29.6 Å². The minimum atomic E-state index is -0.159. The van der Waals surface area contributed by atoms with E-state index in [1.165, 1.54) is 25.9 Å². The number of guanidine groups is 1. The number of halogens is 1. The molecule has 0 amide bonds. The molecule has 150 valence electrons. The summed E-state index contributed by atoms with van der Waals surface area (Å²) in [6, 6.07) is 6.82. The Labute approximate surface area is 163 Å². The van der Waals surface area contributed by atoms with Crippen LogP contribution in [0.5, 0.6) is 0 Å². The quantitative estimate of drug-likeness (QED) is 0.568. The molecule has 0 unspecified atom stereocenters. The van der Waals surface area contributed by atoms with Gasteiger partial charge in [-0.25, -0.2) is 4.39 Å². The predicted octanol–water partition coefficient (Wildman–Crippen LogP) is 2.96. The SMILES string of the molecule is CCN(CC)c1ccc(CNC(=NC)NC2CCN(C3CC3)CC2)cc1F. The Bertz CT molecular complexity index is 631. The molecule has 5 nitrogen and oxygen atoms in total. The van der Waals surface area contributed by atoms with Crippen LogP contribution in [-0.2, 0) is 6.54 Å². The van der Waals surface area contributed by atoms with Crippen LogP contribution >= 0.6 is 0 Å². The molecule has 1 aromatic rings. The van der Waals surface area contributed by atoms with Gasteiger partial charge in [-0.2, -0.15) is 0 Å². The number of likely N-dealkylation sites (tertiary alicyclic amines) is 1. The minimum absolute atomic E-state index is 0.159. The molecule has 0 atom stereocenters. The molecule has 1 aliphatic heterocycles. The maximum atomic E-state index is 14.4. The number of benzene rings is 1. The van der Waals surface area contributed by atoms with Crippen LogP contribution in [0, 0.1) is 5.82 Å². The summed E-state index contributed by atoms with van der Waals surface area (Å²) in [5.41, 5.74) is 1.60. The summed E-state index contributed by atoms with van der Waals surface area (Å²) < 4.78 is 14.4. The van der Waals surface area contributed by atoms with Crippen LogP contribution in [0.4, 0.5) is 10.1 Å². The molecule has 6 heteroatoms. The van der Waals surface area contributed by atoms with Crippen LogP contribution in [0.15, 0.2) is 23.2 Å². The standard InChI is InChI=1S/C21H34FN5/c1-4-26(5-2)20-9-6-16(14-19(20)22)15-24-21(23-3)25-17-10-12-27(13-11-17)18-7-8-18/h6,9,14,17-18H,4-5,7-8,10-13,15H2,1-3H3,(H2,23,24,25). The van der Waals surface area contributed by atoms with Gasteiger partial charge in [0, 0.05) is 51.9 Å². The Morgan fingerprint density at radius 3 is 2.44 bits per heavy atom. The predicted molar refractivity (Wildman–Crippen MR) is 111 cm³/mol. The molecule has 27 heavy (non-hydrogen) atoms. The number of nitrogens with zero attached hydrogens (tertiary/aromatic N) is 3. The van der Waals surface area contributed by atoms with Crippen LogP contribution in [0.3, 0.4) is 0 Å². The summed E-state index contributed by atoms with van der Waals surface area (Å²) in [5, 5.41) is 6.86. The third kappa shape index (κ3) is 5.34. The van der Waals surface area contributed by atoms with Crippen LogP contribution in [0.2, 0.25) is 0 Å². The van der Waals surface area contributed by atoms with E-state index in [0.29, 0.717) is 18.3 Å². The van der Waals surface area contributed by atoms with Gasteiger partial charge in [0.15, 0.2) is 5.96 Å². The van der Waals surface area contributed by atoms with Gasteiger partial charge in [-0.3, -0.25) is 4.99 Å². The van der Waals surface area contributed by atoms with Crippen molar-refractivity contribution in [3.8, 4) is 0 Å². The van der Waals surface area contributed by atoms with Crippen LogP contribution in [0.25, 0.3) is 0 Å². The van der Waals surface area contributed by atoms with Crippen LogP contribution < -0.4 is 15.5 Å². The van der Waals surface area contributed by atoms with Gasteiger partial charge < -0.3 is 20.4 Å². The van der Waals surface area contributed by atoms with Crippen molar-refractivity contribution in [2.45, 2.75) is 58.2 Å². The lowest BCUT2D eigenvalue weighted by atomic mass is 10.1. The van der Waals surface area contributed by atoms with Crippen molar-refractivity contribution in [1.82, 2.24) is 15.5 Å². The Morgan fingerprint density at radius 2 is 1.89 bits per heavy atom. The monoisotopic (exact) mass is 375 g/mol. The second-order valence-electron chi connectivity index (χ2n) is 7.57. The fraction of sp³-hybridized carbons (Fsp3) is 0.667. The highest BCUT2D eigenvalue weighted by molar-refractivity contribution is 5.80. The van der Waals surface area contributed by atoms with E-state index in [1.807, 2.05) is 30.9 Å². The zero-order valence-corrected chi connectivity index (χ0v) is 17.0. The fourth-order valence-electron chi connectivity index (χ4n) is 3.90.